The molecule has 0 bridgehead atoms. The molecule has 25 heavy (non-hydrogen) atoms. The lowest BCUT2D eigenvalue weighted by Gasteiger charge is -2.31. The average Bonchev–Trinajstić information content (AvgIpc) is 2.58. The van der Waals surface area contributed by atoms with Crippen LogP contribution in [0.4, 0.5) is 8.78 Å². The number of aliphatic carboxylic acids is 1. The highest BCUT2D eigenvalue weighted by atomic mass is 19.1. The molecule has 1 aromatic carbocycles. The lowest BCUT2D eigenvalue weighted by Crippen LogP contribution is -2.45. The summed E-state index contributed by atoms with van der Waals surface area (Å²) in [7, 11) is 1.42. The van der Waals surface area contributed by atoms with E-state index in [2.05, 4.69) is 0 Å². The van der Waals surface area contributed by atoms with Crippen LogP contribution in [0.2, 0.25) is 0 Å². The van der Waals surface area contributed by atoms with Crippen molar-refractivity contribution in [3.8, 4) is 0 Å². The first-order valence-electron chi connectivity index (χ1n) is 7.96. The van der Waals surface area contributed by atoms with Crippen molar-refractivity contribution in [2.75, 3.05) is 26.7 Å². The molecule has 8 heteroatoms. The van der Waals surface area contributed by atoms with Crippen LogP contribution in [0.15, 0.2) is 18.2 Å². The highest BCUT2D eigenvalue weighted by molar-refractivity contribution is 5.86. The normalized spacial score (nSPS) is 15.1. The molecule has 0 atom stereocenters. The van der Waals surface area contributed by atoms with Crippen molar-refractivity contribution in [1.29, 1.82) is 0 Å². The molecule has 1 aliphatic heterocycles. The largest absolute Gasteiger partial charge is 0.481 e. The van der Waals surface area contributed by atoms with Crippen molar-refractivity contribution in [3.05, 3.63) is 35.4 Å². The number of carbonyl (C=O) groups excluding carboxylic acids is 2. The van der Waals surface area contributed by atoms with Gasteiger partial charge in [0.05, 0.1) is 18.9 Å². The summed E-state index contributed by atoms with van der Waals surface area (Å²) in [6.07, 6.45) is 0.426. The standard InChI is InChI=1S/C17H20F2N2O4/c1-20(15(22)9-12-8-13(18)2-3-14(12)19)10-16(23)21-6-4-11(5-7-21)17(24)25/h2-3,8,11H,4-7,9-10H2,1H3,(H,24,25). The van der Waals surface area contributed by atoms with E-state index in [9.17, 15) is 23.2 Å². The Labute approximate surface area is 144 Å². The van der Waals surface area contributed by atoms with Gasteiger partial charge >= 0.3 is 5.97 Å². The van der Waals surface area contributed by atoms with Gasteiger partial charge in [-0.1, -0.05) is 0 Å². The Morgan fingerprint density at radius 1 is 1.24 bits per heavy atom. The van der Waals surface area contributed by atoms with E-state index in [-0.39, 0.29) is 24.4 Å². The predicted molar refractivity (Wildman–Crippen MR) is 84.6 cm³/mol. The second-order valence-electron chi connectivity index (χ2n) is 6.16. The molecular weight excluding hydrogens is 334 g/mol. The zero-order chi connectivity index (χ0) is 18.6. The summed E-state index contributed by atoms with van der Waals surface area (Å²) in [5.74, 6) is -3.41. The minimum Gasteiger partial charge on any atom is -0.481 e. The summed E-state index contributed by atoms with van der Waals surface area (Å²) < 4.78 is 26.7. The molecule has 0 unspecified atom stereocenters. The maximum Gasteiger partial charge on any atom is 0.306 e. The Kier molecular flexibility index (Phi) is 6.06. The lowest BCUT2D eigenvalue weighted by atomic mass is 9.97. The van der Waals surface area contributed by atoms with Crippen LogP contribution < -0.4 is 0 Å². The quantitative estimate of drug-likeness (QED) is 0.864. The van der Waals surface area contributed by atoms with Crippen LogP contribution in [0, 0.1) is 17.6 Å². The molecule has 0 saturated carbocycles. The first-order chi connectivity index (χ1) is 11.8. The number of carbonyl (C=O) groups is 3. The van der Waals surface area contributed by atoms with Crippen molar-refractivity contribution in [3.63, 3.8) is 0 Å². The van der Waals surface area contributed by atoms with Crippen LogP contribution in [-0.2, 0) is 20.8 Å². The first-order valence-corrected chi connectivity index (χ1v) is 7.96. The minimum absolute atomic E-state index is 0.0634. The van der Waals surface area contributed by atoms with E-state index in [0.717, 1.165) is 23.1 Å². The van der Waals surface area contributed by atoms with E-state index in [0.29, 0.717) is 25.9 Å². The summed E-state index contributed by atoms with van der Waals surface area (Å²) in [6, 6.07) is 2.88. The average molecular weight is 354 g/mol. The van der Waals surface area contributed by atoms with E-state index < -0.39 is 29.4 Å². The number of benzene rings is 1. The number of carboxylic acids is 1. The zero-order valence-corrected chi connectivity index (χ0v) is 13.9. The third-order valence-corrected chi connectivity index (χ3v) is 4.34. The number of likely N-dealkylation sites (tertiary alicyclic amines) is 1. The SMILES string of the molecule is CN(CC(=O)N1CCC(C(=O)O)CC1)C(=O)Cc1cc(F)ccc1F. The molecule has 1 aromatic rings. The topological polar surface area (TPSA) is 77.9 Å². The molecule has 2 rings (SSSR count). The Morgan fingerprint density at radius 2 is 1.88 bits per heavy atom. The lowest BCUT2D eigenvalue weighted by molar-refractivity contribution is -0.146. The van der Waals surface area contributed by atoms with Gasteiger partial charge in [-0.05, 0) is 31.0 Å². The van der Waals surface area contributed by atoms with Crippen LogP contribution in [0.25, 0.3) is 0 Å². The van der Waals surface area contributed by atoms with E-state index in [1.54, 1.807) is 0 Å². The third-order valence-electron chi connectivity index (χ3n) is 4.34. The van der Waals surface area contributed by atoms with Crippen LogP contribution in [0.5, 0.6) is 0 Å². The number of hydrogen-bond acceptors (Lipinski definition) is 3. The fraction of sp³-hybridized carbons (Fsp3) is 0.471. The Bertz CT molecular complexity index is 673. The van der Waals surface area contributed by atoms with Crippen molar-refractivity contribution in [2.45, 2.75) is 19.3 Å². The summed E-state index contributed by atoms with van der Waals surface area (Å²) in [5, 5.41) is 8.95. The van der Waals surface area contributed by atoms with E-state index in [1.165, 1.54) is 11.9 Å². The molecule has 1 fully saturated rings. The van der Waals surface area contributed by atoms with Gasteiger partial charge < -0.3 is 14.9 Å². The minimum atomic E-state index is -0.864. The summed E-state index contributed by atoms with van der Waals surface area (Å²) in [6.45, 7) is 0.472. The van der Waals surface area contributed by atoms with Crippen molar-refractivity contribution >= 4 is 17.8 Å². The molecule has 1 heterocycles. The molecule has 1 saturated heterocycles. The molecule has 0 spiro atoms. The van der Waals surface area contributed by atoms with Gasteiger partial charge in [-0.2, -0.15) is 0 Å². The number of nitrogens with zero attached hydrogens (tertiary/aromatic N) is 2. The van der Waals surface area contributed by atoms with Crippen molar-refractivity contribution in [1.82, 2.24) is 9.80 Å². The molecule has 136 valence electrons. The summed E-state index contributed by atoms with van der Waals surface area (Å²) in [5.41, 5.74) is -0.0634. The van der Waals surface area contributed by atoms with E-state index in [4.69, 9.17) is 5.11 Å². The van der Waals surface area contributed by atoms with Gasteiger partial charge in [-0.25, -0.2) is 8.78 Å². The zero-order valence-electron chi connectivity index (χ0n) is 13.9. The number of hydrogen-bond donors (Lipinski definition) is 1. The highest BCUT2D eigenvalue weighted by Crippen LogP contribution is 2.17. The predicted octanol–water partition coefficient (Wildman–Crippen LogP) is 1.29. The van der Waals surface area contributed by atoms with Crippen LogP contribution in [0.3, 0.4) is 0 Å². The van der Waals surface area contributed by atoms with Crippen LogP contribution in [0.1, 0.15) is 18.4 Å². The van der Waals surface area contributed by atoms with Gasteiger partial charge in [0.25, 0.3) is 0 Å². The molecule has 6 nitrogen and oxygen atoms in total. The number of carboxylic acid groups (broad SMARTS) is 1. The fourth-order valence-electron chi connectivity index (χ4n) is 2.74. The van der Waals surface area contributed by atoms with E-state index >= 15 is 0 Å². The van der Waals surface area contributed by atoms with Gasteiger partial charge in [0.2, 0.25) is 11.8 Å². The molecule has 0 aliphatic carbocycles. The molecule has 1 aliphatic rings. The van der Waals surface area contributed by atoms with Gasteiger partial charge in [0, 0.05) is 25.7 Å². The molecular formula is C17H20F2N2O4. The maximum atomic E-state index is 13.6. The third kappa shape index (κ3) is 4.98. The second-order valence-corrected chi connectivity index (χ2v) is 6.16. The molecule has 0 radical (unpaired) electrons. The Balaban J connectivity index is 1.87. The first kappa shape index (κ1) is 18.8. The van der Waals surface area contributed by atoms with Gasteiger partial charge in [-0.15, -0.1) is 0 Å². The Hall–Kier alpha value is -2.51. The maximum absolute atomic E-state index is 13.6. The Morgan fingerprint density at radius 3 is 2.48 bits per heavy atom. The fourth-order valence-corrected chi connectivity index (χ4v) is 2.74. The number of halogens is 2. The molecule has 0 aromatic heterocycles. The molecule has 2 amide bonds. The number of rotatable bonds is 5. The van der Waals surface area contributed by atoms with E-state index in [1.807, 2.05) is 0 Å². The van der Waals surface area contributed by atoms with Gasteiger partial charge in [-0.3, -0.25) is 14.4 Å². The van der Waals surface area contributed by atoms with Gasteiger partial charge in [0.1, 0.15) is 11.6 Å². The summed E-state index contributed by atoms with van der Waals surface area (Å²) >= 11 is 0. The number of amides is 2. The summed E-state index contributed by atoms with van der Waals surface area (Å²) in [4.78, 5) is 37.9. The number of piperidine rings is 1. The van der Waals surface area contributed by atoms with Crippen molar-refractivity contribution in [2.24, 2.45) is 5.92 Å². The smallest absolute Gasteiger partial charge is 0.306 e. The molecule has 1 N–H and O–H groups in total. The van der Waals surface area contributed by atoms with Crippen LogP contribution >= 0.6 is 0 Å². The van der Waals surface area contributed by atoms with Crippen molar-refractivity contribution < 1.29 is 28.3 Å². The second kappa shape index (κ2) is 8.04. The number of likely N-dealkylation sites (N-methyl/N-ethyl adjacent to an activating group) is 1. The highest BCUT2D eigenvalue weighted by Gasteiger charge is 2.28. The monoisotopic (exact) mass is 354 g/mol. The van der Waals surface area contributed by atoms with Gasteiger partial charge in [0.15, 0.2) is 0 Å². The van der Waals surface area contributed by atoms with Crippen LogP contribution in [-0.4, -0.2) is 59.4 Å².